The summed E-state index contributed by atoms with van der Waals surface area (Å²) in [6.45, 7) is 5.71. The summed E-state index contributed by atoms with van der Waals surface area (Å²) in [5.41, 5.74) is 1.86. The van der Waals surface area contributed by atoms with Crippen molar-refractivity contribution in [2.75, 3.05) is 23.3 Å². The lowest BCUT2D eigenvalue weighted by molar-refractivity contribution is 0.102. The second-order valence-electron chi connectivity index (χ2n) is 5.40. The average Bonchev–Trinajstić information content (AvgIpc) is 3.00. The lowest BCUT2D eigenvalue weighted by Gasteiger charge is -2.15. The Labute approximate surface area is 128 Å². The summed E-state index contributed by atoms with van der Waals surface area (Å²) in [5.74, 6) is 0.745. The molecular formula is C15H18N6O. The number of carbonyl (C=O) groups is 1. The monoisotopic (exact) mass is 298 g/mol. The van der Waals surface area contributed by atoms with E-state index in [0.29, 0.717) is 0 Å². The highest BCUT2D eigenvalue weighted by Crippen LogP contribution is 2.16. The normalized spacial score (nSPS) is 14.2. The molecule has 114 valence electrons. The van der Waals surface area contributed by atoms with Gasteiger partial charge in [-0.25, -0.2) is 9.97 Å². The standard InChI is InChI=1S/C15H18N6O/c1-10-9-11(2)17-15(16-10)18-14(22)12-5-6-13(20-19-12)21-7-3-4-8-21/h5-6,9H,3-4,7-8H2,1-2H3,(H,16,17,18,22). The third-order valence-electron chi connectivity index (χ3n) is 3.52. The molecule has 0 unspecified atom stereocenters. The highest BCUT2D eigenvalue weighted by molar-refractivity contribution is 6.01. The first-order chi connectivity index (χ1) is 10.6. The molecule has 0 aliphatic carbocycles. The number of nitrogens with one attached hydrogen (secondary N) is 1. The summed E-state index contributed by atoms with van der Waals surface area (Å²) in [6.07, 6.45) is 2.35. The van der Waals surface area contributed by atoms with E-state index in [1.807, 2.05) is 26.0 Å². The SMILES string of the molecule is Cc1cc(C)nc(NC(=O)c2ccc(N3CCCC3)nn2)n1. The predicted octanol–water partition coefficient (Wildman–Crippen LogP) is 1.74. The predicted molar refractivity (Wildman–Crippen MR) is 82.9 cm³/mol. The number of carbonyl (C=O) groups excluding carboxylic acids is 1. The van der Waals surface area contributed by atoms with Gasteiger partial charge in [-0.2, -0.15) is 0 Å². The first kappa shape index (κ1) is 14.4. The highest BCUT2D eigenvalue weighted by Gasteiger charge is 2.16. The molecule has 1 amide bonds. The van der Waals surface area contributed by atoms with Crippen molar-refractivity contribution in [3.8, 4) is 0 Å². The second-order valence-corrected chi connectivity index (χ2v) is 5.40. The maximum atomic E-state index is 12.2. The van der Waals surface area contributed by atoms with Crippen LogP contribution in [0.25, 0.3) is 0 Å². The van der Waals surface area contributed by atoms with E-state index >= 15 is 0 Å². The van der Waals surface area contributed by atoms with Crippen molar-refractivity contribution < 1.29 is 4.79 Å². The summed E-state index contributed by atoms with van der Waals surface area (Å²) in [6, 6.07) is 5.36. The fourth-order valence-electron chi connectivity index (χ4n) is 2.51. The van der Waals surface area contributed by atoms with E-state index in [1.54, 1.807) is 6.07 Å². The Bertz CT molecular complexity index is 659. The lowest BCUT2D eigenvalue weighted by Crippen LogP contribution is -2.21. The third-order valence-corrected chi connectivity index (χ3v) is 3.52. The van der Waals surface area contributed by atoms with E-state index in [4.69, 9.17) is 0 Å². The van der Waals surface area contributed by atoms with Crippen LogP contribution < -0.4 is 10.2 Å². The Kier molecular flexibility index (Phi) is 3.95. The van der Waals surface area contributed by atoms with Crippen LogP contribution in [0.15, 0.2) is 18.2 Å². The van der Waals surface area contributed by atoms with Gasteiger partial charge in [0.15, 0.2) is 11.5 Å². The molecule has 0 aromatic carbocycles. The molecule has 7 heteroatoms. The van der Waals surface area contributed by atoms with Gasteiger partial charge in [0.2, 0.25) is 5.95 Å². The van der Waals surface area contributed by atoms with Gasteiger partial charge in [-0.15, -0.1) is 10.2 Å². The van der Waals surface area contributed by atoms with Crippen molar-refractivity contribution in [2.45, 2.75) is 26.7 Å². The van der Waals surface area contributed by atoms with E-state index in [9.17, 15) is 4.79 Å². The van der Waals surface area contributed by atoms with Crippen LogP contribution >= 0.6 is 0 Å². The maximum absolute atomic E-state index is 12.2. The largest absolute Gasteiger partial charge is 0.355 e. The molecule has 0 saturated carbocycles. The van der Waals surface area contributed by atoms with E-state index in [2.05, 4.69) is 30.4 Å². The van der Waals surface area contributed by atoms with Gasteiger partial charge in [-0.05, 0) is 44.9 Å². The number of amides is 1. The van der Waals surface area contributed by atoms with Gasteiger partial charge < -0.3 is 4.90 Å². The molecule has 1 aliphatic rings. The summed E-state index contributed by atoms with van der Waals surface area (Å²) >= 11 is 0. The van der Waals surface area contributed by atoms with Gasteiger partial charge in [-0.3, -0.25) is 10.1 Å². The van der Waals surface area contributed by atoms with Crippen LogP contribution in [-0.2, 0) is 0 Å². The molecule has 1 N–H and O–H groups in total. The first-order valence-corrected chi connectivity index (χ1v) is 7.34. The van der Waals surface area contributed by atoms with Gasteiger partial charge >= 0.3 is 0 Å². The van der Waals surface area contributed by atoms with Crippen molar-refractivity contribution in [3.63, 3.8) is 0 Å². The molecule has 2 aromatic rings. The molecule has 7 nitrogen and oxygen atoms in total. The van der Waals surface area contributed by atoms with E-state index < -0.39 is 0 Å². The van der Waals surface area contributed by atoms with Crippen molar-refractivity contribution in [1.29, 1.82) is 0 Å². The van der Waals surface area contributed by atoms with Crippen molar-refractivity contribution in [2.24, 2.45) is 0 Å². The first-order valence-electron chi connectivity index (χ1n) is 7.34. The molecule has 0 spiro atoms. The third kappa shape index (κ3) is 3.19. The summed E-state index contributed by atoms with van der Waals surface area (Å²) in [7, 11) is 0. The smallest absolute Gasteiger partial charge is 0.278 e. The molecule has 3 heterocycles. The van der Waals surface area contributed by atoms with Crippen LogP contribution in [0.1, 0.15) is 34.7 Å². The molecule has 0 bridgehead atoms. The van der Waals surface area contributed by atoms with Crippen molar-refractivity contribution >= 4 is 17.7 Å². The molecular weight excluding hydrogens is 280 g/mol. The Morgan fingerprint density at radius 1 is 1.09 bits per heavy atom. The minimum Gasteiger partial charge on any atom is -0.355 e. The average molecular weight is 298 g/mol. The molecule has 3 rings (SSSR count). The maximum Gasteiger partial charge on any atom is 0.278 e. The van der Waals surface area contributed by atoms with Crippen LogP contribution in [0.4, 0.5) is 11.8 Å². The van der Waals surface area contributed by atoms with Gasteiger partial charge in [0, 0.05) is 24.5 Å². The van der Waals surface area contributed by atoms with Gasteiger partial charge in [0.05, 0.1) is 0 Å². The number of nitrogens with zero attached hydrogens (tertiary/aromatic N) is 5. The minimum absolute atomic E-state index is 0.255. The minimum atomic E-state index is -0.356. The molecule has 22 heavy (non-hydrogen) atoms. The zero-order valence-corrected chi connectivity index (χ0v) is 12.7. The molecule has 0 radical (unpaired) electrons. The van der Waals surface area contributed by atoms with Crippen molar-refractivity contribution in [3.05, 3.63) is 35.3 Å². The molecule has 1 fully saturated rings. The topological polar surface area (TPSA) is 83.9 Å². The number of aromatic nitrogens is 4. The number of hydrogen-bond acceptors (Lipinski definition) is 6. The summed E-state index contributed by atoms with van der Waals surface area (Å²) in [4.78, 5) is 22.7. The van der Waals surface area contributed by atoms with Gasteiger partial charge in [0.25, 0.3) is 5.91 Å². The van der Waals surface area contributed by atoms with Crippen LogP contribution in [-0.4, -0.2) is 39.2 Å². The molecule has 1 aliphatic heterocycles. The zero-order valence-electron chi connectivity index (χ0n) is 12.7. The quantitative estimate of drug-likeness (QED) is 0.929. The van der Waals surface area contributed by atoms with Crippen LogP contribution in [0.2, 0.25) is 0 Å². The zero-order chi connectivity index (χ0) is 15.5. The number of rotatable bonds is 3. The number of hydrogen-bond donors (Lipinski definition) is 1. The lowest BCUT2D eigenvalue weighted by atomic mass is 10.3. The number of anilines is 2. The van der Waals surface area contributed by atoms with Gasteiger partial charge in [-0.1, -0.05) is 0 Å². The molecule has 2 aromatic heterocycles. The second kappa shape index (κ2) is 6.05. The van der Waals surface area contributed by atoms with Gasteiger partial charge in [0.1, 0.15) is 0 Å². The summed E-state index contributed by atoms with van der Waals surface area (Å²) < 4.78 is 0. The van der Waals surface area contributed by atoms with E-state index in [1.165, 1.54) is 12.8 Å². The molecule has 1 saturated heterocycles. The van der Waals surface area contributed by atoms with E-state index in [0.717, 1.165) is 30.3 Å². The fourth-order valence-corrected chi connectivity index (χ4v) is 2.51. The van der Waals surface area contributed by atoms with Crippen LogP contribution in [0.3, 0.4) is 0 Å². The van der Waals surface area contributed by atoms with Crippen LogP contribution in [0, 0.1) is 13.8 Å². The Hall–Kier alpha value is -2.57. The fraction of sp³-hybridized carbons (Fsp3) is 0.400. The summed E-state index contributed by atoms with van der Waals surface area (Å²) in [5, 5.41) is 10.8. The Balaban J connectivity index is 1.71. The van der Waals surface area contributed by atoms with E-state index in [-0.39, 0.29) is 17.5 Å². The van der Waals surface area contributed by atoms with Crippen molar-refractivity contribution in [1.82, 2.24) is 20.2 Å². The Morgan fingerprint density at radius 3 is 2.36 bits per heavy atom. The number of aryl methyl sites for hydroxylation is 2. The highest BCUT2D eigenvalue weighted by atomic mass is 16.2. The van der Waals surface area contributed by atoms with Crippen LogP contribution in [0.5, 0.6) is 0 Å². The molecule has 0 atom stereocenters. The Morgan fingerprint density at radius 2 is 1.77 bits per heavy atom.